The molecule has 0 unspecified atom stereocenters. The minimum atomic E-state index is 0.127. The lowest BCUT2D eigenvalue weighted by atomic mass is 10.2. The lowest BCUT2D eigenvalue weighted by Crippen LogP contribution is -2.03. The number of nitrogens with one attached hydrogen (secondary N) is 1. The fraction of sp³-hybridized carbons (Fsp3) is 0.125. The summed E-state index contributed by atoms with van der Waals surface area (Å²) in [4.78, 5) is 0. The number of amidine groups is 1. The smallest absolute Gasteiger partial charge is 0.151 e. The number of thioether (sulfide) groups is 1. The molecule has 2 nitrogen and oxygen atoms in total. The molecule has 0 amide bonds. The Morgan fingerprint density at radius 1 is 1.62 bits per heavy atom. The van der Waals surface area contributed by atoms with Crippen LogP contribution in [0.2, 0.25) is 5.02 Å². The molecule has 0 heterocycles. The number of halogens is 2. The van der Waals surface area contributed by atoms with Crippen molar-refractivity contribution in [2.75, 3.05) is 0 Å². The summed E-state index contributed by atoms with van der Waals surface area (Å²) in [5, 5.41) is 7.88. The van der Waals surface area contributed by atoms with Crippen molar-refractivity contribution >= 4 is 44.5 Å². The molecule has 1 rings (SSSR count). The molecule has 13 heavy (non-hydrogen) atoms. The fourth-order valence-corrected chi connectivity index (χ4v) is 2.37. The summed E-state index contributed by atoms with van der Waals surface area (Å²) < 4.78 is 0.953. The van der Waals surface area contributed by atoms with Crippen molar-refractivity contribution in [3.05, 3.63) is 33.3 Å². The van der Waals surface area contributed by atoms with Crippen molar-refractivity contribution in [1.82, 2.24) is 0 Å². The van der Waals surface area contributed by atoms with E-state index >= 15 is 0 Å². The molecule has 0 aromatic heterocycles. The lowest BCUT2D eigenvalue weighted by Gasteiger charge is -2.03. The molecule has 0 saturated heterocycles. The average molecular weight is 280 g/mol. The van der Waals surface area contributed by atoms with Gasteiger partial charge in [-0.05, 0) is 17.7 Å². The van der Waals surface area contributed by atoms with Gasteiger partial charge in [0.05, 0.1) is 0 Å². The standard InChI is InChI=1S/C8H8BrClN2S/c9-7-3-6(10)2-1-5(7)4-13-8(11)12/h1-3H,4H2,(H3,11,12). The van der Waals surface area contributed by atoms with Crippen LogP contribution in [-0.2, 0) is 5.75 Å². The highest BCUT2D eigenvalue weighted by Crippen LogP contribution is 2.24. The molecular weight excluding hydrogens is 272 g/mol. The van der Waals surface area contributed by atoms with Gasteiger partial charge in [-0.1, -0.05) is 45.4 Å². The van der Waals surface area contributed by atoms with Gasteiger partial charge in [0.25, 0.3) is 0 Å². The fourth-order valence-electron chi connectivity index (χ4n) is 0.794. The second-order valence-electron chi connectivity index (χ2n) is 2.39. The van der Waals surface area contributed by atoms with Crippen LogP contribution in [0.3, 0.4) is 0 Å². The Morgan fingerprint density at radius 3 is 2.85 bits per heavy atom. The molecule has 5 heteroatoms. The quantitative estimate of drug-likeness (QED) is 0.645. The number of nitrogens with two attached hydrogens (primary N) is 1. The van der Waals surface area contributed by atoms with Crippen molar-refractivity contribution in [3.8, 4) is 0 Å². The Kier molecular flexibility index (Phi) is 4.09. The molecule has 0 atom stereocenters. The molecule has 70 valence electrons. The first kappa shape index (κ1) is 10.9. The van der Waals surface area contributed by atoms with Crippen molar-refractivity contribution in [2.45, 2.75) is 5.75 Å². The Hall–Kier alpha value is -0.190. The summed E-state index contributed by atoms with van der Waals surface area (Å²) in [5.74, 6) is 0.688. The highest BCUT2D eigenvalue weighted by atomic mass is 79.9. The van der Waals surface area contributed by atoms with Crippen LogP contribution in [0, 0.1) is 5.41 Å². The van der Waals surface area contributed by atoms with Gasteiger partial charge in [0.1, 0.15) is 0 Å². The van der Waals surface area contributed by atoms with Gasteiger partial charge >= 0.3 is 0 Å². The van der Waals surface area contributed by atoms with E-state index in [-0.39, 0.29) is 5.17 Å². The predicted molar refractivity (Wildman–Crippen MR) is 62.4 cm³/mol. The summed E-state index contributed by atoms with van der Waals surface area (Å²) in [5.41, 5.74) is 6.31. The van der Waals surface area contributed by atoms with Crippen LogP contribution in [0.25, 0.3) is 0 Å². The molecule has 0 fully saturated rings. The maximum absolute atomic E-state index is 7.06. The zero-order valence-electron chi connectivity index (χ0n) is 6.68. The van der Waals surface area contributed by atoms with E-state index in [1.165, 1.54) is 11.8 Å². The van der Waals surface area contributed by atoms with Gasteiger partial charge in [-0.2, -0.15) is 0 Å². The Morgan fingerprint density at radius 2 is 2.31 bits per heavy atom. The third-order valence-corrected chi connectivity index (χ3v) is 3.14. The third-order valence-electron chi connectivity index (χ3n) is 1.40. The van der Waals surface area contributed by atoms with E-state index in [1.54, 1.807) is 0 Å². The minimum Gasteiger partial charge on any atom is -0.379 e. The van der Waals surface area contributed by atoms with Gasteiger partial charge in [0, 0.05) is 15.2 Å². The molecule has 0 saturated carbocycles. The number of benzene rings is 1. The first-order valence-electron chi connectivity index (χ1n) is 3.50. The van der Waals surface area contributed by atoms with Crippen LogP contribution in [0.15, 0.2) is 22.7 Å². The van der Waals surface area contributed by atoms with Crippen LogP contribution in [0.1, 0.15) is 5.56 Å². The number of hydrogen-bond acceptors (Lipinski definition) is 2. The molecule has 0 aliphatic carbocycles. The van der Waals surface area contributed by atoms with Crippen LogP contribution in [-0.4, -0.2) is 5.17 Å². The number of hydrogen-bond donors (Lipinski definition) is 2. The van der Waals surface area contributed by atoms with Gasteiger partial charge in [0.2, 0.25) is 0 Å². The summed E-state index contributed by atoms with van der Waals surface area (Å²) in [7, 11) is 0. The Balaban J connectivity index is 2.72. The maximum Gasteiger partial charge on any atom is 0.151 e. The van der Waals surface area contributed by atoms with Gasteiger partial charge < -0.3 is 5.73 Å². The normalized spacial score (nSPS) is 10.0. The van der Waals surface area contributed by atoms with Crippen molar-refractivity contribution in [3.63, 3.8) is 0 Å². The van der Waals surface area contributed by atoms with Crippen molar-refractivity contribution < 1.29 is 0 Å². The largest absolute Gasteiger partial charge is 0.379 e. The predicted octanol–water partition coefficient (Wildman–Crippen LogP) is 3.23. The summed E-state index contributed by atoms with van der Waals surface area (Å²) >= 11 is 10.5. The monoisotopic (exact) mass is 278 g/mol. The first-order chi connectivity index (χ1) is 6.09. The molecule has 0 bridgehead atoms. The van der Waals surface area contributed by atoms with E-state index in [1.807, 2.05) is 18.2 Å². The van der Waals surface area contributed by atoms with E-state index in [2.05, 4.69) is 15.9 Å². The van der Waals surface area contributed by atoms with E-state index in [0.29, 0.717) is 10.8 Å². The molecule has 0 aliphatic rings. The molecule has 3 N–H and O–H groups in total. The SMILES string of the molecule is N=C(N)SCc1ccc(Cl)cc1Br. The van der Waals surface area contributed by atoms with Gasteiger partial charge in [-0.25, -0.2) is 0 Å². The van der Waals surface area contributed by atoms with Gasteiger partial charge in [-0.3, -0.25) is 5.41 Å². The van der Waals surface area contributed by atoms with E-state index < -0.39 is 0 Å². The van der Waals surface area contributed by atoms with Crippen LogP contribution in [0.4, 0.5) is 0 Å². The Bertz CT molecular complexity index is 330. The maximum atomic E-state index is 7.06. The lowest BCUT2D eigenvalue weighted by molar-refractivity contribution is 1.38. The van der Waals surface area contributed by atoms with Crippen LogP contribution >= 0.6 is 39.3 Å². The molecule has 0 radical (unpaired) electrons. The zero-order valence-corrected chi connectivity index (χ0v) is 9.84. The summed E-state index contributed by atoms with van der Waals surface area (Å²) in [6, 6.07) is 5.57. The second kappa shape index (κ2) is 4.88. The minimum absolute atomic E-state index is 0.127. The van der Waals surface area contributed by atoms with E-state index in [9.17, 15) is 0 Å². The molecule has 0 spiro atoms. The van der Waals surface area contributed by atoms with E-state index in [0.717, 1.165) is 10.0 Å². The second-order valence-corrected chi connectivity index (χ2v) is 4.70. The van der Waals surface area contributed by atoms with Gasteiger partial charge in [-0.15, -0.1) is 0 Å². The molecule has 0 aliphatic heterocycles. The topological polar surface area (TPSA) is 49.9 Å². The zero-order chi connectivity index (χ0) is 9.84. The molecule has 1 aromatic carbocycles. The van der Waals surface area contributed by atoms with Crippen molar-refractivity contribution in [1.29, 1.82) is 5.41 Å². The highest BCUT2D eigenvalue weighted by Gasteiger charge is 2.01. The highest BCUT2D eigenvalue weighted by molar-refractivity contribution is 9.10. The summed E-state index contributed by atoms with van der Waals surface area (Å²) in [6.45, 7) is 0. The van der Waals surface area contributed by atoms with Crippen molar-refractivity contribution in [2.24, 2.45) is 5.73 Å². The van der Waals surface area contributed by atoms with Gasteiger partial charge in [0.15, 0.2) is 5.17 Å². The third kappa shape index (κ3) is 3.58. The summed E-state index contributed by atoms with van der Waals surface area (Å²) in [6.07, 6.45) is 0. The van der Waals surface area contributed by atoms with E-state index in [4.69, 9.17) is 22.7 Å². The number of rotatable bonds is 2. The molecular formula is C8H8BrClN2S. The first-order valence-corrected chi connectivity index (χ1v) is 5.66. The van der Waals surface area contributed by atoms with Crippen LogP contribution in [0.5, 0.6) is 0 Å². The molecule has 1 aromatic rings. The van der Waals surface area contributed by atoms with Crippen LogP contribution < -0.4 is 5.73 Å². The Labute approximate surface area is 94.5 Å². The average Bonchev–Trinajstić information content (AvgIpc) is 2.02.